The summed E-state index contributed by atoms with van der Waals surface area (Å²) in [6, 6.07) is 12.4. The van der Waals surface area contributed by atoms with E-state index in [0.717, 1.165) is 17.3 Å². The first-order valence-electron chi connectivity index (χ1n) is 6.71. The van der Waals surface area contributed by atoms with Crippen LogP contribution in [0.4, 0.5) is 0 Å². The van der Waals surface area contributed by atoms with E-state index in [1.807, 2.05) is 24.4 Å². The third-order valence-electron chi connectivity index (χ3n) is 3.58. The summed E-state index contributed by atoms with van der Waals surface area (Å²) in [7, 11) is 0. The zero-order chi connectivity index (χ0) is 13.9. The second-order valence-corrected chi connectivity index (χ2v) is 5.63. The van der Waals surface area contributed by atoms with E-state index in [1.54, 1.807) is 11.3 Å². The van der Waals surface area contributed by atoms with Crippen LogP contribution in [-0.2, 0) is 6.42 Å². The number of pyridine rings is 1. The van der Waals surface area contributed by atoms with E-state index in [1.165, 1.54) is 16.0 Å². The molecule has 0 bridgehead atoms. The van der Waals surface area contributed by atoms with Crippen molar-refractivity contribution in [2.75, 3.05) is 0 Å². The molecule has 4 heteroatoms. The van der Waals surface area contributed by atoms with E-state index in [-0.39, 0.29) is 6.04 Å². The summed E-state index contributed by atoms with van der Waals surface area (Å²) in [4.78, 5) is 5.70. The first-order chi connectivity index (χ1) is 9.85. The van der Waals surface area contributed by atoms with Crippen molar-refractivity contribution in [2.45, 2.75) is 19.4 Å². The number of nitrogens with one attached hydrogen (secondary N) is 1. The Balaban J connectivity index is 2.17. The van der Waals surface area contributed by atoms with Gasteiger partial charge in [-0.2, -0.15) is 0 Å². The standard InChI is InChI=1S/C16H17N3S/c1-2-11-8-10-20-16(11)15(19-17)13-5-3-7-14-12(13)6-4-9-18-14/h3-10,15,19H,2,17H2,1H3. The molecule has 1 unspecified atom stereocenters. The van der Waals surface area contributed by atoms with Gasteiger partial charge in [-0.25, -0.2) is 5.43 Å². The number of nitrogens with two attached hydrogens (primary N) is 1. The molecule has 0 saturated heterocycles. The molecule has 0 aliphatic heterocycles. The molecular formula is C16H17N3S. The van der Waals surface area contributed by atoms with Gasteiger partial charge >= 0.3 is 0 Å². The number of hydrogen-bond donors (Lipinski definition) is 2. The average Bonchev–Trinajstić information content (AvgIpc) is 2.97. The molecule has 0 fully saturated rings. The van der Waals surface area contributed by atoms with Crippen LogP contribution in [-0.4, -0.2) is 4.98 Å². The third-order valence-corrected chi connectivity index (χ3v) is 4.60. The Labute approximate surface area is 122 Å². The smallest absolute Gasteiger partial charge is 0.0811 e. The highest BCUT2D eigenvalue weighted by molar-refractivity contribution is 7.10. The van der Waals surface area contributed by atoms with E-state index in [4.69, 9.17) is 5.84 Å². The van der Waals surface area contributed by atoms with Gasteiger partial charge in [0.25, 0.3) is 0 Å². The van der Waals surface area contributed by atoms with Crippen molar-refractivity contribution in [3.63, 3.8) is 0 Å². The lowest BCUT2D eigenvalue weighted by atomic mass is 9.98. The van der Waals surface area contributed by atoms with Crippen molar-refractivity contribution in [3.05, 3.63) is 64.0 Å². The van der Waals surface area contributed by atoms with Crippen LogP contribution in [0.2, 0.25) is 0 Å². The molecule has 1 atom stereocenters. The summed E-state index contributed by atoms with van der Waals surface area (Å²) >= 11 is 1.75. The SMILES string of the molecule is CCc1ccsc1C(NN)c1cccc2ncccc12. The van der Waals surface area contributed by atoms with Crippen LogP contribution in [0.1, 0.15) is 29.0 Å². The van der Waals surface area contributed by atoms with Crippen LogP contribution >= 0.6 is 11.3 Å². The normalized spacial score (nSPS) is 12.7. The van der Waals surface area contributed by atoms with Gasteiger partial charge in [0.1, 0.15) is 0 Å². The zero-order valence-corrected chi connectivity index (χ0v) is 12.2. The number of hydrogen-bond acceptors (Lipinski definition) is 4. The quantitative estimate of drug-likeness (QED) is 0.570. The van der Waals surface area contributed by atoms with Gasteiger partial charge in [-0.05, 0) is 41.1 Å². The fraction of sp³-hybridized carbons (Fsp3) is 0.188. The summed E-state index contributed by atoms with van der Waals surface area (Å²) < 4.78 is 0. The van der Waals surface area contributed by atoms with Gasteiger partial charge in [0.2, 0.25) is 0 Å². The molecule has 3 rings (SSSR count). The van der Waals surface area contributed by atoms with Crippen LogP contribution in [0.15, 0.2) is 48.0 Å². The van der Waals surface area contributed by atoms with Crippen molar-refractivity contribution < 1.29 is 0 Å². The first kappa shape index (κ1) is 13.2. The molecule has 3 aromatic rings. The molecule has 0 radical (unpaired) electrons. The summed E-state index contributed by atoms with van der Waals surface area (Å²) in [6.45, 7) is 2.17. The maximum absolute atomic E-state index is 5.85. The molecule has 0 aliphatic carbocycles. The highest BCUT2D eigenvalue weighted by Crippen LogP contribution is 2.33. The highest BCUT2D eigenvalue weighted by Gasteiger charge is 2.19. The summed E-state index contributed by atoms with van der Waals surface area (Å²) in [6.07, 6.45) is 2.83. The molecule has 3 N–H and O–H groups in total. The van der Waals surface area contributed by atoms with Crippen molar-refractivity contribution >= 4 is 22.2 Å². The second kappa shape index (κ2) is 5.71. The lowest BCUT2D eigenvalue weighted by molar-refractivity contribution is 0.646. The number of aryl methyl sites for hydroxylation is 1. The zero-order valence-electron chi connectivity index (χ0n) is 11.3. The van der Waals surface area contributed by atoms with Crippen LogP contribution in [0, 0.1) is 0 Å². The molecular weight excluding hydrogens is 266 g/mol. The molecule has 3 nitrogen and oxygen atoms in total. The number of nitrogens with zero attached hydrogens (tertiary/aromatic N) is 1. The van der Waals surface area contributed by atoms with Crippen LogP contribution in [0.5, 0.6) is 0 Å². The lowest BCUT2D eigenvalue weighted by Gasteiger charge is -2.18. The minimum atomic E-state index is 0.0119. The minimum absolute atomic E-state index is 0.0119. The number of benzene rings is 1. The van der Waals surface area contributed by atoms with E-state index in [2.05, 4.69) is 40.9 Å². The molecule has 102 valence electrons. The Hall–Kier alpha value is -1.75. The third kappa shape index (κ3) is 2.22. The van der Waals surface area contributed by atoms with Gasteiger partial charge in [-0.1, -0.05) is 25.1 Å². The first-order valence-corrected chi connectivity index (χ1v) is 7.59. The molecule has 0 spiro atoms. The highest BCUT2D eigenvalue weighted by atomic mass is 32.1. The Bertz CT molecular complexity index is 715. The fourth-order valence-corrected chi connectivity index (χ4v) is 3.65. The van der Waals surface area contributed by atoms with E-state index >= 15 is 0 Å². The Morgan fingerprint density at radius 2 is 2.15 bits per heavy atom. The van der Waals surface area contributed by atoms with Gasteiger partial charge in [0.15, 0.2) is 0 Å². The van der Waals surface area contributed by atoms with E-state index in [0.29, 0.717) is 0 Å². The molecule has 2 heterocycles. The summed E-state index contributed by atoms with van der Waals surface area (Å²) in [5.41, 5.74) is 6.49. The Morgan fingerprint density at radius 3 is 2.95 bits per heavy atom. The summed E-state index contributed by atoms with van der Waals surface area (Å²) in [5.74, 6) is 5.85. The average molecular weight is 283 g/mol. The van der Waals surface area contributed by atoms with Gasteiger partial charge in [0.05, 0.1) is 11.6 Å². The van der Waals surface area contributed by atoms with Gasteiger partial charge in [0, 0.05) is 16.5 Å². The number of rotatable bonds is 4. The van der Waals surface area contributed by atoms with E-state index in [9.17, 15) is 0 Å². The predicted octanol–water partition coefficient (Wildman–Crippen LogP) is 3.41. The fourth-order valence-electron chi connectivity index (χ4n) is 2.58. The van der Waals surface area contributed by atoms with Crippen LogP contribution < -0.4 is 11.3 Å². The maximum atomic E-state index is 5.85. The molecule has 0 aliphatic rings. The van der Waals surface area contributed by atoms with Gasteiger partial charge in [-0.3, -0.25) is 10.8 Å². The monoisotopic (exact) mass is 283 g/mol. The lowest BCUT2D eigenvalue weighted by Crippen LogP contribution is -2.29. The maximum Gasteiger partial charge on any atom is 0.0811 e. The molecule has 0 saturated carbocycles. The largest absolute Gasteiger partial charge is 0.271 e. The number of fused-ring (bicyclic) bond motifs is 1. The Morgan fingerprint density at radius 1 is 1.25 bits per heavy atom. The summed E-state index contributed by atoms with van der Waals surface area (Å²) in [5, 5.41) is 3.27. The van der Waals surface area contributed by atoms with Gasteiger partial charge in [-0.15, -0.1) is 11.3 Å². The van der Waals surface area contributed by atoms with Crippen molar-refractivity contribution in [1.82, 2.24) is 10.4 Å². The van der Waals surface area contributed by atoms with Crippen LogP contribution in [0.25, 0.3) is 10.9 Å². The Kier molecular flexibility index (Phi) is 3.78. The predicted molar refractivity (Wildman–Crippen MR) is 84.6 cm³/mol. The topological polar surface area (TPSA) is 50.9 Å². The molecule has 1 aromatic carbocycles. The van der Waals surface area contributed by atoms with Crippen molar-refractivity contribution in [2.24, 2.45) is 5.84 Å². The number of hydrazine groups is 1. The number of aromatic nitrogens is 1. The van der Waals surface area contributed by atoms with Crippen LogP contribution in [0.3, 0.4) is 0 Å². The van der Waals surface area contributed by atoms with Crippen molar-refractivity contribution in [1.29, 1.82) is 0 Å². The molecule has 0 amide bonds. The molecule has 2 aromatic heterocycles. The number of thiophene rings is 1. The minimum Gasteiger partial charge on any atom is -0.271 e. The molecule has 20 heavy (non-hydrogen) atoms. The van der Waals surface area contributed by atoms with Gasteiger partial charge < -0.3 is 0 Å². The van der Waals surface area contributed by atoms with Crippen molar-refractivity contribution in [3.8, 4) is 0 Å². The second-order valence-electron chi connectivity index (χ2n) is 4.68. The van der Waals surface area contributed by atoms with E-state index < -0.39 is 0 Å².